The predicted octanol–water partition coefficient (Wildman–Crippen LogP) is 3.61. The largest absolute Gasteiger partial charge is 0.466 e. The Morgan fingerprint density at radius 2 is 1.11 bits per heavy atom. The second kappa shape index (κ2) is 12.6. The predicted molar refractivity (Wildman–Crippen MR) is 138 cm³/mol. The molecule has 7 nitrogen and oxygen atoms in total. The lowest BCUT2D eigenvalue weighted by molar-refractivity contribution is -0.144. The van der Waals surface area contributed by atoms with E-state index in [1.165, 1.54) is 0 Å². The van der Waals surface area contributed by atoms with E-state index in [1.807, 2.05) is 91.0 Å². The van der Waals surface area contributed by atoms with Gasteiger partial charge in [-0.2, -0.15) is 4.85 Å². The van der Waals surface area contributed by atoms with E-state index >= 15 is 0 Å². The molecule has 0 aromatic heterocycles. The Kier molecular flexibility index (Phi) is 9.27. The van der Waals surface area contributed by atoms with Gasteiger partial charge in [0.15, 0.2) is 0 Å². The number of hydrogen-bond acceptors (Lipinski definition) is 6. The van der Waals surface area contributed by atoms with Gasteiger partial charge < -0.3 is 9.47 Å². The molecule has 3 aromatic carbocycles. The van der Waals surface area contributed by atoms with E-state index in [0.717, 1.165) is 15.9 Å². The first-order chi connectivity index (χ1) is 17.0. The molecule has 0 radical (unpaired) electrons. The number of carbonyl (C=O) groups excluding carboxylic acids is 3. The highest BCUT2D eigenvalue weighted by Gasteiger charge is 2.30. The molecule has 0 unspecified atom stereocenters. The van der Waals surface area contributed by atoms with E-state index in [4.69, 9.17) is 14.3 Å². The van der Waals surface area contributed by atoms with Crippen molar-refractivity contribution >= 4 is 46.4 Å². The first-order valence-corrected chi connectivity index (χ1v) is 13.0. The fourth-order valence-electron chi connectivity index (χ4n) is 3.48. The Bertz CT molecular complexity index is 1140. The Labute approximate surface area is 204 Å². The average Bonchev–Trinajstić information content (AvgIpc) is 2.88. The number of esters is 2. The van der Waals surface area contributed by atoms with Crippen LogP contribution in [-0.2, 0) is 23.9 Å². The molecule has 0 atom stereocenters. The van der Waals surface area contributed by atoms with E-state index < -0.39 is 36.9 Å². The maximum absolute atomic E-state index is 12.9. The van der Waals surface area contributed by atoms with Gasteiger partial charge in [0, 0.05) is 15.9 Å². The molecule has 0 fully saturated rings. The molecule has 180 valence electrons. The van der Waals surface area contributed by atoms with Gasteiger partial charge in [0.1, 0.15) is 6.42 Å². The van der Waals surface area contributed by atoms with Gasteiger partial charge in [-0.15, -0.1) is 5.10 Å². The zero-order valence-electron chi connectivity index (χ0n) is 19.7. The van der Waals surface area contributed by atoms with Crippen molar-refractivity contribution in [2.45, 2.75) is 20.3 Å². The van der Waals surface area contributed by atoms with Gasteiger partial charge in [-0.3, -0.25) is 9.59 Å². The van der Waals surface area contributed by atoms with Crippen molar-refractivity contribution < 1.29 is 23.9 Å². The molecule has 0 saturated carbocycles. The first-order valence-electron chi connectivity index (χ1n) is 11.2. The second-order valence-corrected chi connectivity index (χ2v) is 10.3. The molecule has 0 amide bonds. The standard InChI is InChI=1S/C27H27N2O5P/c1-3-33-25(31)20-24(30)26(27(32)34-4-2)28-29-35(21-14-8-5-9-15-21,22-16-10-6-11-17-22)23-18-12-7-13-19-23/h5-19H,3-4,20H2,1-2H3. The molecule has 35 heavy (non-hydrogen) atoms. The smallest absolute Gasteiger partial charge is 0.362 e. The van der Waals surface area contributed by atoms with Crippen molar-refractivity contribution in [2.24, 2.45) is 9.96 Å². The van der Waals surface area contributed by atoms with Crippen LogP contribution in [0.25, 0.3) is 0 Å². The summed E-state index contributed by atoms with van der Waals surface area (Å²) in [7, 11) is -2.79. The average molecular weight is 490 g/mol. The third-order valence-electron chi connectivity index (χ3n) is 5.01. The number of Topliss-reactive ketones (excluding diaryl/α,β-unsaturated/α-hetero) is 1. The van der Waals surface area contributed by atoms with Gasteiger partial charge in [0.05, 0.1) is 20.3 Å². The highest BCUT2D eigenvalue weighted by atomic mass is 31.2. The summed E-state index contributed by atoms with van der Waals surface area (Å²) in [5.41, 5.74) is -0.535. The molecular formula is C27H27N2O5P. The van der Waals surface area contributed by atoms with E-state index in [2.05, 4.69) is 5.10 Å². The van der Waals surface area contributed by atoms with Crippen LogP contribution in [0, 0.1) is 0 Å². The summed E-state index contributed by atoms with van der Waals surface area (Å²) in [6.07, 6.45) is -0.630. The second-order valence-electron chi connectivity index (χ2n) is 7.31. The van der Waals surface area contributed by atoms with Gasteiger partial charge >= 0.3 is 11.9 Å². The fraction of sp³-hybridized carbons (Fsp3) is 0.185. The van der Waals surface area contributed by atoms with E-state index in [1.54, 1.807) is 13.8 Å². The number of carbonyl (C=O) groups is 3. The maximum Gasteiger partial charge on any atom is 0.362 e. The number of nitrogens with zero attached hydrogens (tertiary/aromatic N) is 2. The Morgan fingerprint density at radius 3 is 1.51 bits per heavy atom. The normalized spacial score (nSPS) is 11.4. The van der Waals surface area contributed by atoms with Crippen LogP contribution in [-0.4, -0.2) is 36.6 Å². The van der Waals surface area contributed by atoms with Crippen molar-refractivity contribution in [1.29, 1.82) is 0 Å². The van der Waals surface area contributed by atoms with Crippen LogP contribution in [0.5, 0.6) is 0 Å². The zero-order valence-corrected chi connectivity index (χ0v) is 20.6. The van der Waals surface area contributed by atoms with Crippen LogP contribution in [0.15, 0.2) is 101 Å². The molecule has 0 saturated heterocycles. The lowest BCUT2D eigenvalue weighted by atomic mass is 10.2. The lowest BCUT2D eigenvalue weighted by Crippen LogP contribution is -2.29. The van der Waals surface area contributed by atoms with Gasteiger partial charge in [-0.05, 0) is 13.8 Å². The van der Waals surface area contributed by atoms with E-state index in [0.29, 0.717) is 0 Å². The molecule has 0 N–H and O–H groups in total. The molecule has 0 spiro atoms. The minimum atomic E-state index is -2.79. The molecule has 0 heterocycles. The third-order valence-corrected chi connectivity index (χ3v) is 8.51. The molecule has 0 bridgehead atoms. The number of rotatable bonds is 10. The van der Waals surface area contributed by atoms with Crippen LogP contribution < -0.4 is 15.9 Å². The van der Waals surface area contributed by atoms with Crippen LogP contribution >= 0.6 is 7.05 Å². The maximum atomic E-state index is 12.9. The highest BCUT2D eigenvalue weighted by molar-refractivity contribution is 7.87. The molecule has 0 aliphatic heterocycles. The molecule has 0 aliphatic carbocycles. The SMILES string of the molecule is CCOC(=O)CC(=O)C(=NN=P(c1ccccc1)(c1ccccc1)c1ccccc1)C(=O)OCC. The quantitative estimate of drug-likeness (QED) is 0.142. The monoisotopic (exact) mass is 490 g/mol. The van der Waals surface area contributed by atoms with Crippen LogP contribution in [0.4, 0.5) is 0 Å². The van der Waals surface area contributed by atoms with Crippen molar-refractivity contribution in [3.8, 4) is 0 Å². The summed E-state index contributed by atoms with van der Waals surface area (Å²) in [5.74, 6) is -2.49. The van der Waals surface area contributed by atoms with E-state index in [-0.39, 0.29) is 13.2 Å². The first kappa shape index (κ1) is 25.8. The zero-order chi connectivity index (χ0) is 25.1. The van der Waals surface area contributed by atoms with Crippen LogP contribution in [0.3, 0.4) is 0 Å². The summed E-state index contributed by atoms with van der Waals surface area (Å²) in [4.78, 5) is 42.3. The fourth-order valence-corrected chi connectivity index (χ4v) is 6.72. The van der Waals surface area contributed by atoms with Crippen molar-refractivity contribution in [1.82, 2.24) is 0 Å². The Morgan fingerprint density at radius 1 is 0.686 bits per heavy atom. The highest BCUT2D eigenvalue weighted by Crippen LogP contribution is 2.46. The Balaban J connectivity index is 2.31. The summed E-state index contributed by atoms with van der Waals surface area (Å²) >= 11 is 0. The van der Waals surface area contributed by atoms with Crippen molar-refractivity contribution in [2.75, 3.05) is 13.2 Å². The summed E-state index contributed by atoms with van der Waals surface area (Å²) in [5, 5.41) is 6.89. The van der Waals surface area contributed by atoms with E-state index in [9.17, 15) is 14.4 Å². The minimum absolute atomic E-state index is 0.0425. The number of benzene rings is 3. The number of ether oxygens (including phenoxy) is 2. The van der Waals surface area contributed by atoms with Crippen LogP contribution in [0.1, 0.15) is 20.3 Å². The topological polar surface area (TPSA) is 94.4 Å². The molecule has 8 heteroatoms. The molecular weight excluding hydrogens is 463 g/mol. The van der Waals surface area contributed by atoms with Crippen LogP contribution in [0.2, 0.25) is 0 Å². The third kappa shape index (κ3) is 6.19. The minimum Gasteiger partial charge on any atom is -0.466 e. The van der Waals surface area contributed by atoms with Gasteiger partial charge in [0.2, 0.25) is 11.5 Å². The van der Waals surface area contributed by atoms with Gasteiger partial charge in [0.25, 0.3) is 0 Å². The molecule has 3 rings (SSSR count). The number of hydrogen-bond donors (Lipinski definition) is 0. The summed E-state index contributed by atoms with van der Waals surface area (Å²) in [6.45, 7) is 3.42. The summed E-state index contributed by atoms with van der Waals surface area (Å²) < 4.78 is 9.92. The van der Waals surface area contributed by atoms with Crippen molar-refractivity contribution in [3.63, 3.8) is 0 Å². The molecule has 3 aromatic rings. The Hall–Kier alpha value is -3.83. The summed E-state index contributed by atoms with van der Waals surface area (Å²) in [6, 6.07) is 28.9. The van der Waals surface area contributed by atoms with Gasteiger partial charge in [-0.1, -0.05) is 91.0 Å². The lowest BCUT2D eigenvalue weighted by Gasteiger charge is -2.25. The number of ketones is 1. The van der Waals surface area contributed by atoms with Crippen molar-refractivity contribution in [3.05, 3.63) is 91.0 Å². The molecule has 0 aliphatic rings. The van der Waals surface area contributed by atoms with Gasteiger partial charge in [-0.25, -0.2) is 4.79 Å².